The van der Waals surface area contributed by atoms with Crippen LogP contribution in [0.4, 0.5) is 0 Å². The fourth-order valence-corrected chi connectivity index (χ4v) is 4.88. The van der Waals surface area contributed by atoms with Gasteiger partial charge in [-0.1, -0.05) is 13.8 Å². The van der Waals surface area contributed by atoms with E-state index in [4.69, 9.17) is 4.74 Å². The molecule has 152 valence electrons. The predicted octanol–water partition coefficient (Wildman–Crippen LogP) is 2.43. The molecule has 2 aromatic heterocycles. The minimum absolute atomic E-state index is 0.0797. The number of ether oxygens (including phenoxy) is 1. The van der Waals surface area contributed by atoms with E-state index in [1.54, 1.807) is 11.3 Å². The molecule has 0 unspecified atom stereocenters. The summed E-state index contributed by atoms with van der Waals surface area (Å²) in [5.41, 5.74) is 1.06. The highest BCUT2D eigenvalue weighted by molar-refractivity contribution is 7.18. The number of fused-ring (bicyclic) bond motifs is 3. The number of nitrogens with one attached hydrogen (secondary N) is 1. The van der Waals surface area contributed by atoms with Crippen molar-refractivity contribution in [1.82, 2.24) is 14.9 Å². The number of aromatic nitrogens is 2. The zero-order valence-corrected chi connectivity index (χ0v) is 17.4. The van der Waals surface area contributed by atoms with Gasteiger partial charge in [-0.2, -0.15) is 0 Å². The molecule has 7 nitrogen and oxygen atoms in total. The van der Waals surface area contributed by atoms with Crippen LogP contribution in [0.15, 0.2) is 11.1 Å². The summed E-state index contributed by atoms with van der Waals surface area (Å²) in [6.45, 7) is 4.18. The second kappa shape index (κ2) is 8.86. The average Bonchev–Trinajstić information content (AvgIpc) is 3.05. The fourth-order valence-electron chi connectivity index (χ4n) is 3.66. The second-order valence-electron chi connectivity index (χ2n) is 7.66. The SMILES string of the molecule is COC(=O)[C@@H](CC(C)C)NC(=O)CCn1cnc2sc3c(c2c1=O)CCCC3. The van der Waals surface area contributed by atoms with Crippen LogP contribution in [0.3, 0.4) is 0 Å². The van der Waals surface area contributed by atoms with Gasteiger partial charge < -0.3 is 10.1 Å². The Balaban J connectivity index is 1.71. The van der Waals surface area contributed by atoms with Crippen molar-refractivity contribution in [3.05, 3.63) is 27.1 Å². The lowest BCUT2D eigenvalue weighted by Gasteiger charge is -2.18. The lowest BCUT2D eigenvalue weighted by Crippen LogP contribution is -2.42. The fraction of sp³-hybridized carbons (Fsp3) is 0.600. The van der Waals surface area contributed by atoms with E-state index in [9.17, 15) is 14.4 Å². The molecule has 0 saturated heterocycles. The minimum Gasteiger partial charge on any atom is -0.467 e. The normalized spacial score (nSPS) is 14.7. The third-order valence-corrected chi connectivity index (χ3v) is 6.25. The number of methoxy groups -OCH3 is 1. The van der Waals surface area contributed by atoms with Crippen molar-refractivity contribution in [3.63, 3.8) is 0 Å². The molecule has 28 heavy (non-hydrogen) atoms. The van der Waals surface area contributed by atoms with Gasteiger partial charge in [0.15, 0.2) is 0 Å². The van der Waals surface area contributed by atoms with Crippen molar-refractivity contribution in [1.29, 1.82) is 0 Å². The molecule has 0 spiro atoms. The van der Waals surface area contributed by atoms with Gasteiger partial charge in [0.25, 0.3) is 5.56 Å². The summed E-state index contributed by atoms with van der Waals surface area (Å²) in [6, 6.07) is -0.668. The maximum Gasteiger partial charge on any atom is 0.328 e. The number of hydrogen-bond acceptors (Lipinski definition) is 6. The van der Waals surface area contributed by atoms with Crippen LogP contribution < -0.4 is 10.9 Å². The van der Waals surface area contributed by atoms with Crippen LogP contribution >= 0.6 is 11.3 Å². The maximum absolute atomic E-state index is 12.9. The van der Waals surface area contributed by atoms with Crippen molar-refractivity contribution in [3.8, 4) is 0 Å². The third kappa shape index (κ3) is 4.43. The van der Waals surface area contributed by atoms with Crippen LogP contribution in [0.2, 0.25) is 0 Å². The number of aryl methyl sites for hydroxylation is 3. The number of carbonyl (C=O) groups is 2. The summed E-state index contributed by atoms with van der Waals surface area (Å²) in [5.74, 6) is -0.494. The van der Waals surface area contributed by atoms with Gasteiger partial charge in [-0.15, -0.1) is 11.3 Å². The summed E-state index contributed by atoms with van der Waals surface area (Å²) in [7, 11) is 1.31. The highest BCUT2D eigenvalue weighted by Crippen LogP contribution is 2.33. The zero-order valence-electron chi connectivity index (χ0n) is 16.6. The first-order valence-electron chi connectivity index (χ1n) is 9.77. The van der Waals surface area contributed by atoms with E-state index in [1.165, 1.54) is 22.9 Å². The Morgan fingerprint density at radius 2 is 2.07 bits per heavy atom. The summed E-state index contributed by atoms with van der Waals surface area (Å²) < 4.78 is 6.27. The van der Waals surface area contributed by atoms with Gasteiger partial charge in [0.1, 0.15) is 10.9 Å². The molecule has 0 aliphatic heterocycles. The van der Waals surface area contributed by atoms with E-state index in [0.717, 1.165) is 41.5 Å². The first-order chi connectivity index (χ1) is 13.4. The highest BCUT2D eigenvalue weighted by atomic mass is 32.1. The Kier molecular flexibility index (Phi) is 6.49. The summed E-state index contributed by atoms with van der Waals surface area (Å²) in [5, 5.41) is 3.44. The number of amides is 1. The minimum atomic E-state index is -0.668. The molecule has 8 heteroatoms. The molecule has 3 rings (SSSR count). The lowest BCUT2D eigenvalue weighted by molar-refractivity contribution is -0.145. The number of carbonyl (C=O) groups excluding carboxylic acids is 2. The van der Waals surface area contributed by atoms with Crippen LogP contribution in [0.25, 0.3) is 10.2 Å². The van der Waals surface area contributed by atoms with Crippen molar-refractivity contribution < 1.29 is 14.3 Å². The predicted molar refractivity (Wildman–Crippen MR) is 109 cm³/mol. The maximum atomic E-state index is 12.9. The number of hydrogen-bond donors (Lipinski definition) is 1. The Hall–Kier alpha value is -2.22. The van der Waals surface area contributed by atoms with E-state index < -0.39 is 12.0 Å². The molecule has 0 aromatic carbocycles. The number of rotatable bonds is 7. The molecule has 2 aromatic rings. The highest BCUT2D eigenvalue weighted by Gasteiger charge is 2.23. The van der Waals surface area contributed by atoms with E-state index in [2.05, 4.69) is 10.3 Å². The molecule has 1 N–H and O–H groups in total. The van der Waals surface area contributed by atoms with Crippen LogP contribution in [0.5, 0.6) is 0 Å². The van der Waals surface area contributed by atoms with Gasteiger partial charge in [0.2, 0.25) is 5.91 Å². The summed E-state index contributed by atoms with van der Waals surface area (Å²) in [4.78, 5) is 43.6. The summed E-state index contributed by atoms with van der Waals surface area (Å²) >= 11 is 1.61. The van der Waals surface area contributed by atoms with E-state index in [-0.39, 0.29) is 30.3 Å². The Labute approximate surface area is 168 Å². The molecule has 0 radical (unpaired) electrons. The average molecular weight is 406 g/mol. The van der Waals surface area contributed by atoms with Crippen LogP contribution in [-0.2, 0) is 33.7 Å². The molecule has 2 heterocycles. The van der Waals surface area contributed by atoms with Gasteiger partial charge in [0.05, 0.1) is 18.8 Å². The molecule has 1 aliphatic carbocycles. The molecule has 0 saturated carbocycles. The molecule has 0 bridgehead atoms. The van der Waals surface area contributed by atoms with Gasteiger partial charge >= 0.3 is 5.97 Å². The van der Waals surface area contributed by atoms with E-state index in [0.29, 0.717) is 6.42 Å². The van der Waals surface area contributed by atoms with Gasteiger partial charge in [-0.05, 0) is 43.6 Å². The molecular formula is C20H27N3O4S. The van der Waals surface area contributed by atoms with Crippen molar-refractivity contribution in [2.24, 2.45) is 5.92 Å². The monoisotopic (exact) mass is 405 g/mol. The number of nitrogens with zero attached hydrogens (tertiary/aromatic N) is 2. The summed E-state index contributed by atoms with van der Waals surface area (Å²) in [6.07, 6.45) is 6.33. The standard InChI is InChI=1S/C20H27N3O4S/c1-12(2)10-14(20(26)27-3)22-16(24)8-9-23-11-21-18-17(19(23)25)13-6-4-5-7-15(13)28-18/h11-12,14H,4-10H2,1-3H3,(H,22,24)/t14-/m1/s1. The van der Waals surface area contributed by atoms with Crippen molar-refractivity contribution in [2.75, 3.05) is 7.11 Å². The molecule has 1 aliphatic rings. The zero-order chi connectivity index (χ0) is 20.3. The Morgan fingerprint density at radius 1 is 1.32 bits per heavy atom. The largest absolute Gasteiger partial charge is 0.467 e. The molecule has 1 amide bonds. The van der Waals surface area contributed by atoms with E-state index in [1.807, 2.05) is 13.8 Å². The van der Waals surface area contributed by atoms with Crippen molar-refractivity contribution in [2.45, 2.75) is 65.0 Å². The number of esters is 1. The quantitative estimate of drug-likeness (QED) is 0.715. The van der Waals surface area contributed by atoms with E-state index >= 15 is 0 Å². The Morgan fingerprint density at radius 3 is 2.79 bits per heavy atom. The van der Waals surface area contributed by atoms with Crippen LogP contribution in [0, 0.1) is 5.92 Å². The van der Waals surface area contributed by atoms with Crippen LogP contribution in [0.1, 0.15) is 50.0 Å². The second-order valence-corrected chi connectivity index (χ2v) is 8.74. The van der Waals surface area contributed by atoms with Crippen molar-refractivity contribution >= 4 is 33.4 Å². The first kappa shape index (κ1) is 20.5. The van der Waals surface area contributed by atoms with Gasteiger partial charge in [-0.3, -0.25) is 14.2 Å². The topological polar surface area (TPSA) is 90.3 Å². The Bertz CT molecular complexity index is 931. The molecular weight excluding hydrogens is 378 g/mol. The number of thiophene rings is 1. The smallest absolute Gasteiger partial charge is 0.328 e. The first-order valence-corrected chi connectivity index (χ1v) is 10.6. The van der Waals surface area contributed by atoms with Gasteiger partial charge in [0, 0.05) is 17.8 Å². The van der Waals surface area contributed by atoms with Gasteiger partial charge in [-0.25, -0.2) is 9.78 Å². The van der Waals surface area contributed by atoms with Crippen LogP contribution in [-0.4, -0.2) is 34.6 Å². The molecule has 1 atom stereocenters. The lowest BCUT2D eigenvalue weighted by atomic mass is 9.97. The molecule has 0 fully saturated rings. The third-order valence-electron chi connectivity index (χ3n) is 5.05.